The summed E-state index contributed by atoms with van der Waals surface area (Å²) in [6.07, 6.45) is 2.97. The summed E-state index contributed by atoms with van der Waals surface area (Å²) in [4.78, 5) is 22.9. The zero-order valence-corrected chi connectivity index (χ0v) is 9.49. The van der Waals surface area contributed by atoms with Gasteiger partial charge in [0.2, 0.25) is 0 Å². The van der Waals surface area contributed by atoms with Gasteiger partial charge in [0, 0.05) is 0 Å². The van der Waals surface area contributed by atoms with E-state index in [0.29, 0.717) is 12.8 Å². The molecule has 0 rings (SSSR count). The number of hydrogen-bond acceptors (Lipinski definition) is 4. The third-order valence-electron chi connectivity index (χ3n) is 2.38. The van der Waals surface area contributed by atoms with Crippen molar-refractivity contribution >= 4 is 11.9 Å². The van der Waals surface area contributed by atoms with Crippen LogP contribution >= 0.6 is 0 Å². The lowest BCUT2D eigenvalue weighted by Gasteiger charge is -2.20. The van der Waals surface area contributed by atoms with Gasteiger partial charge in [-0.2, -0.15) is 0 Å². The van der Waals surface area contributed by atoms with Crippen molar-refractivity contribution in [2.45, 2.75) is 19.8 Å². The van der Waals surface area contributed by atoms with Crippen molar-refractivity contribution in [1.82, 2.24) is 0 Å². The Morgan fingerprint density at radius 1 is 1.27 bits per heavy atom. The fraction of sp³-hybridized carbons (Fsp3) is 0.636. The maximum absolute atomic E-state index is 11.4. The summed E-state index contributed by atoms with van der Waals surface area (Å²) in [6, 6.07) is 0. The number of carbonyl (C=O) groups excluding carboxylic acids is 2. The summed E-state index contributed by atoms with van der Waals surface area (Å²) in [5.74, 6) is -2.04. The first kappa shape index (κ1) is 13.7. The largest absolute Gasteiger partial charge is 0.468 e. The molecule has 86 valence electrons. The maximum atomic E-state index is 11.4. The molecule has 4 heteroatoms. The van der Waals surface area contributed by atoms with Crippen LogP contribution in [0.1, 0.15) is 19.8 Å². The Morgan fingerprint density at radius 2 is 1.73 bits per heavy atom. The Bertz CT molecular complexity index is 219. The second-order valence-corrected chi connectivity index (χ2v) is 3.22. The van der Waals surface area contributed by atoms with E-state index in [1.807, 2.05) is 6.92 Å². The maximum Gasteiger partial charge on any atom is 0.320 e. The van der Waals surface area contributed by atoms with E-state index >= 15 is 0 Å². The van der Waals surface area contributed by atoms with Crippen LogP contribution < -0.4 is 0 Å². The van der Waals surface area contributed by atoms with E-state index in [0.717, 1.165) is 0 Å². The Morgan fingerprint density at radius 3 is 2.00 bits per heavy atom. The van der Waals surface area contributed by atoms with Gasteiger partial charge in [-0.05, 0) is 12.3 Å². The smallest absolute Gasteiger partial charge is 0.320 e. The molecule has 0 saturated heterocycles. The van der Waals surface area contributed by atoms with Crippen LogP contribution in [0.15, 0.2) is 12.7 Å². The SMILES string of the molecule is C=CCC(CC)C(C(=O)OC)C(=O)OC. The minimum atomic E-state index is -0.844. The summed E-state index contributed by atoms with van der Waals surface area (Å²) >= 11 is 0. The molecule has 0 aliphatic heterocycles. The molecule has 0 aromatic carbocycles. The zero-order valence-electron chi connectivity index (χ0n) is 9.49. The van der Waals surface area contributed by atoms with E-state index in [-0.39, 0.29) is 5.92 Å². The Kier molecular flexibility index (Phi) is 6.42. The van der Waals surface area contributed by atoms with E-state index in [2.05, 4.69) is 16.1 Å². The molecule has 4 nitrogen and oxygen atoms in total. The van der Waals surface area contributed by atoms with Crippen LogP contribution in [-0.2, 0) is 19.1 Å². The summed E-state index contributed by atoms with van der Waals surface area (Å²) in [5, 5.41) is 0. The van der Waals surface area contributed by atoms with Gasteiger partial charge in [0.15, 0.2) is 5.92 Å². The number of rotatable bonds is 6. The number of carbonyl (C=O) groups is 2. The fourth-order valence-corrected chi connectivity index (χ4v) is 1.49. The Hall–Kier alpha value is -1.32. The van der Waals surface area contributed by atoms with Gasteiger partial charge >= 0.3 is 11.9 Å². The molecule has 1 atom stereocenters. The van der Waals surface area contributed by atoms with Crippen molar-refractivity contribution in [3.05, 3.63) is 12.7 Å². The van der Waals surface area contributed by atoms with Crippen molar-refractivity contribution in [1.29, 1.82) is 0 Å². The molecule has 15 heavy (non-hydrogen) atoms. The van der Waals surface area contributed by atoms with Gasteiger partial charge in [0.05, 0.1) is 14.2 Å². The van der Waals surface area contributed by atoms with Crippen LogP contribution in [-0.4, -0.2) is 26.2 Å². The lowest BCUT2D eigenvalue weighted by molar-refractivity contribution is -0.161. The molecule has 0 aromatic heterocycles. The van der Waals surface area contributed by atoms with Gasteiger partial charge in [0.25, 0.3) is 0 Å². The first-order valence-electron chi connectivity index (χ1n) is 4.88. The quantitative estimate of drug-likeness (QED) is 0.382. The van der Waals surface area contributed by atoms with E-state index in [1.165, 1.54) is 14.2 Å². The second kappa shape index (κ2) is 7.04. The zero-order chi connectivity index (χ0) is 11.8. The van der Waals surface area contributed by atoms with E-state index in [9.17, 15) is 9.59 Å². The lowest BCUT2D eigenvalue weighted by Crippen LogP contribution is -2.33. The molecule has 0 aliphatic rings. The van der Waals surface area contributed by atoms with Gasteiger partial charge in [-0.1, -0.05) is 19.4 Å². The first-order valence-corrected chi connectivity index (χ1v) is 4.88. The Labute approximate surface area is 90.2 Å². The summed E-state index contributed by atoms with van der Waals surface area (Å²) in [6.45, 7) is 5.51. The molecule has 0 heterocycles. The first-order chi connectivity index (χ1) is 7.12. The van der Waals surface area contributed by atoms with Gasteiger partial charge < -0.3 is 9.47 Å². The standard InChI is InChI=1S/C11H18O4/c1-5-7-8(6-2)9(10(12)14-3)11(13)15-4/h5,8-9H,1,6-7H2,2-4H3. The van der Waals surface area contributed by atoms with Gasteiger partial charge in [-0.25, -0.2) is 0 Å². The van der Waals surface area contributed by atoms with Crippen molar-refractivity contribution in [2.24, 2.45) is 11.8 Å². The fourth-order valence-electron chi connectivity index (χ4n) is 1.49. The van der Waals surface area contributed by atoms with Gasteiger partial charge in [0.1, 0.15) is 0 Å². The van der Waals surface area contributed by atoms with Crippen molar-refractivity contribution in [3.63, 3.8) is 0 Å². The molecule has 0 spiro atoms. The topological polar surface area (TPSA) is 52.6 Å². The number of methoxy groups -OCH3 is 2. The van der Waals surface area contributed by atoms with Crippen molar-refractivity contribution < 1.29 is 19.1 Å². The van der Waals surface area contributed by atoms with Gasteiger partial charge in [-0.3, -0.25) is 9.59 Å². The second-order valence-electron chi connectivity index (χ2n) is 3.22. The van der Waals surface area contributed by atoms with Crippen LogP contribution in [0.25, 0.3) is 0 Å². The third kappa shape index (κ3) is 3.73. The molecule has 0 bridgehead atoms. The van der Waals surface area contributed by atoms with E-state index < -0.39 is 17.9 Å². The molecular formula is C11H18O4. The minimum absolute atomic E-state index is 0.109. The highest BCUT2D eigenvalue weighted by Gasteiger charge is 2.34. The summed E-state index contributed by atoms with van der Waals surface area (Å²) < 4.78 is 9.18. The number of allylic oxidation sites excluding steroid dienone is 1. The van der Waals surface area contributed by atoms with Crippen LogP contribution in [0.5, 0.6) is 0 Å². The predicted molar refractivity (Wildman–Crippen MR) is 56.1 cm³/mol. The van der Waals surface area contributed by atoms with Crippen LogP contribution in [0.4, 0.5) is 0 Å². The highest BCUT2D eigenvalue weighted by atomic mass is 16.5. The van der Waals surface area contributed by atoms with Gasteiger partial charge in [-0.15, -0.1) is 6.58 Å². The number of ether oxygens (including phenoxy) is 2. The molecule has 1 unspecified atom stereocenters. The van der Waals surface area contributed by atoms with E-state index in [4.69, 9.17) is 0 Å². The molecule has 0 fully saturated rings. The molecule has 0 saturated carbocycles. The number of esters is 2. The monoisotopic (exact) mass is 214 g/mol. The highest BCUT2D eigenvalue weighted by molar-refractivity contribution is 5.95. The molecule has 0 aromatic rings. The average molecular weight is 214 g/mol. The van der Waals surface area contributed by atoms with Crippen LogP contribution in [0, 0.1) is 11.8 Å². The summed E-state index contributed by atoms with van der Waals surface area (Å²) in [5.41, 5.74) is 0. The average Bonchev–Trinajstić information content (AvgIpc) is 2.27. The van der Waals surface area contributed by atoms with E-state index in [1.54, 1.807) is 6.08 Å². The van der Waals surface area contributed by atoms with Crippen LogP contribution in [0.2, 0.25) is 0 Å². The lowest BCUT2D eigenvalue weighted by atomic mass is 9.87. The third-order valence-corrected chi connectivity index (χ3v) is 2.38. The molecule has 0 radical (unpaired) electrons. The normalized spacial score (nSPS) is 12.0. The number of hydrogen-bond donors (Lipinski definition) is 0. The van der Waals surface area contributed by atoms with Crippen molar-refractivity contribution in [2.75, 3.05) is 14.2 Å². The molecule has 0 amide bonds. The summed E-state index contributed by atoms with van der Waals surface area (Å²) in [7, 11) is 2.53. The molecule has 0 N–H and O–H groups in total. The highest BCUT2D eigenvalue weighted by Crippen LogP contribution is 2.22. The van der Waals surface area contributed by atoms with Crippen LogP contribution in [0.3, 0.4) is 0 Å². The predicted octanol–water partition coefficient (Wildman–Crippen LogP) is 1.55. The van der Waals surface area contributed by atoms with Crippen molar-refractivity contribution in [3.8, 4) is 0 Å². The minimum Gasteiger partial charge on any atom is -0.468 e. The molecular weight excluding hydrogens is 196 g/mol. The Balaban J connectivity index is 4.79. The molecule has 0 aliphatic carbocycles.